The smallest absolute Gasteiger partial charge is 0.349 e. The van der Waals surface area contributed by atoms with Gasteiger partial charge in [0.25, 0.3) is 5.56 Å². The van der Waals surface area contributed by atoms with E-state index in [0.717, 1.165) is 4.68 Å². The lowest BCUT2D eigenvalue weighted by atomic mass is 10.2. The van der Waals surface area contributed by atoms with Crippen molar-refractivity contribution in [2.24, 2.45) is 5.10 Å². The second kappa shape index (κ2) is 7.58. The quantitative estimate of drug-likeness (QED) is 0.600. The third kappa shape index (κ3) is 3.98. The summed E-state index contributed by atoms with van der Waals surface area (Å²) in [5.74, 6) is -0.731. The molecule has 27 heavy (non-hydrogen) atoms. The van der Waals surface area contributed by atoms with Crippen LogP contribution in [-0.4, -0.2) is 33.1 Å². The van der Waals surface area contributed by atoms with Crippen LogP contribution in [-0.2, 0) is 4.79 Å². The van der Waals surface area contributed by atoms with E-state index in [0.29, 0.717) is 26.7 Å². The highest BCUT2D eigenvalue weighted by atomic mass is 79.9. The zero-order valence-corrected chi connectivity index (χ0v) is 15.6. The lowest BCUT2D eigenvalue weighted by molar-refractivity contribution is -0.144. The molecule has 1 atom stereocenters. The second-order valence-electron chi connectivity index (χ2n) is 5.63. The zero-order chi connectivity index (χ0) is 19.6. The lowest BCUT2D eigenvalue weighted by Crippen LogP contribution is -2.32. The number of nitrogens with one attached hydrogen (secondary N) is 1. The van der Waals surface area contributed by atoms with Crippen molar-refractivity contribution < 1.29 is 14.6 Å². The first-order chi connectivity index (χ1) is 12.9. The van der Waals surface area contributed by atoms with Gasteiger partial charge in [-0.05, 0) is 58.7 Å². The van der Waals surface area contributed by atoms with Crippen molar-refractivity contribution >= 4 is 39.0 Å². The number of aliphatic carboxylic acids is 1. The number of carboxylic acids is 1. The average Bonchev–Trinajstić information content (AvgIpc) is 2.63. The number of para-hydroxylation sites is 1. The van der Waals surface area contributed by atoms with Gasteiger partial charge < -0.3 is 14.8 Å². The molecule has 0 saturated carbocycles. The molecule has 0 aliphatic heterocycles. The van der Waals surface area contributed by atoms with Crippen LogP contribution < -0.4 is 16.0 Å². The fourth-order valence-corrected chi connectivity index (χ4v) is 2.81. The third-order valence-corrected chi connectivity index (χ3v) is 4.33. The molecule has 0 saturated heterocycles. The molecule has 2 N–H and O–H groups in total. The number of rotatable bonds is 5. The molecule has 0 bridgehead atoms. The van der Waals surface area contributed by atoms with Crippen molar-refractivity contribution in [2.45, 2.75) is 13.0 Å². The summed E-state index contributed by atoms with van der Waals surface area (Å²) >= 11 is 3.30. The van der Waals surface area contributed by atoms with Crippen LogP contribution in [0.15, 0.2) is 61.6 Å². The first-order valence-corrected chi connectivity index (χ1v) is 8.63. The van der Waals surface area contributed by atoms with E-state index in [9.17, 15) is 14.4 Å². The minimum atomic E-state index is -1.08. The molecule has 0 fully saturated rings. The standard InChI is InChI=1S/C18H14BrN3O5/c1-10(17(24)25)27-15-7-6-11(8-13(15)19)9-20-22-16(23)12-4-2-3-5-14(12)21-18(22)26/h2-10H,1H3,(H,21,26)(H,24,25)/t10-/m1/s1. The number of nitrogens with zero attached hydrogens (tertiary/aromatic N) is 2. The van der Waals surface area contributed by atoms with E-state index in [-0.39, 0.29) is 0 Å². The van der Waals surface area contributed by atoms with Crippen molar-refractivity contribution in [2.75, 3.05) is 0 Å². The van der Waals surface area contributed by atoms with Crippen molar-refractivity contribution in [3.63, 3.8) is 0 Å². The number of aromatic amines is 1. The Morgan fingerprint density at radius 2 is 2.04 bits per heavy atom. The lowest BCUT2D eigenvalue weighted by Gasteiger charge is -2.12. The van der Waals surface area contributed by atoms with Crippen LogP contribution in [0.2, 0.25) is 0 Å². The van der Waals surface area contributed by atoms with Crippen LogP contribution in [0.25, 0.3) is 10.9 Å². The predicted octanol–water partition coefficient (Wildman–Crippen LogP) is 2.19. The van der Waals surface area contributed by atoms with Crippen LogP contribution in [0.3, 0.4) is 0 Å². The molecule has 1 aromatic heterocycles. The SMILES string of the molecule is C[C@@H](Oc1ccc(C=Nn2c(=O)[nH]c3ccccc3c2=O)cc1Br)C(=O)O. The molecule has 2 aromatic carbocycles. The zero-order valence-electron chi connectivity index (χ0n) is 14.0. The van der Waals surface area contributed by atoms with Crippen molar-refractivity contribution in [1.29, 1.82) is 0 Å². The van der Waals surface area contributed by atoms with Gasteiger partial charge in [0, 0.05) is 0 Å². The van der Waals surface area contributed by atoms with Crippen molar-refractivity contribution in [3.05, 3.63) is 73.3 Å². The Labute approximate surface area is 160 Å². The predicted molar refractivity (Wildman–Crippen MR) is 104 cm³/mol. The number of benzene rings is 2. The first kappa shape index (κ1) is 18.6. The van der Waals surface area contributed by atoms with E-state index in [1.54, 1.807) is 42.5 Å². The Morgan fingerprint density at radius 1 is 1.30 bits per heavy atom. The van der Waals surface area contributed by atoms with Crippen LogP contribution in [0.4, 0.5) is 0 Å². The largest absolute Gasteiger partial charge is 0.479 e. The second-order valence-corrected chi connectivity index (χ2v) is 6.48. The van der Waals surface area contributed by atoms with Gasteiger partial charge >= 0.3 is 11.7 Å². The molecule has 1 heterocycles. The molecule has 0 spiro atoms. The van der Waals surface area contributed by atoms with Crippen LogP contribution in [0.5, 0.6) is 5.75 Å². The monoisotopic (exact) mass is 431 g/mol. The van der Waals surface area contributed by atoms with Crippen molar-refractivity contribution in [1.82, 2.24) is 9.66 Å². The van der Waals surface area contributed by atoms with E-state index in [4.69, 9.17) is 9.84 Å². The fraction of sp³-hybridized carbons (Fsp3) is 0.111. The Kier molecular flexibility index (Phi) is 5.22. The molecule has 9 heteroatoms. The Hall–Kier alpha value is -3.20. The molecule has 138 valence electrons. The maximum atomic E-state index is 12.4. The average molecular weight is 432 g/mol. The Morgan fingerprint density at radius 3 is 2.74 bits per heavy atom. The van der Waals surface area contributed by atoms with Crippen molar-refractivity contribution in [3.8, 4) is 5.75 Å². The number of halogens is 1. The maximum absolute atomic E-state index is 12.4. The van der Waals surface area contributed by atoms with Gasteiger partial charge in [-0.25, -0.2) is 9.59 Å². The van der Waals surface area contributed by atoms with E-state index in [1.807, 2.05) is 0 Å². The summed E-state index contributed by atoms with van der Waals surface area (Å²) < 4.78 is 6.57. The van der Waals surface area contributed by atoms with E-state index >= 15 is 0 Å². The van der Waals surface area contributed by atoms with Crippen LogP contribution in [0, 0.1) is 0 Å². The minimum Gasteiger partial charge on any atom is -0.479 e. The Balaban J connectivity index is 1.92. The molecular weight excluding hydrogens is 418 g/mol. The summed E-state index contributed by atoms with van der Waals surface area (Å²) in [5.41, 5.74) is -0.156. The van der Waals surface area contributed by atoms with E-state index < -0.39 is 23.3 Å². The summed E-state index contributed by atoms with van der Waals surface area (Å²) in [4.78, 5) is 38.0. The summed E-state index contributed by atoms with van der Waals surface area (Å²) in [5, 5.41) is 13.2. The Bertz CT molecular complexity index is 1170. The molecule has 0 radical (unpaired) electrons. The van der Waals surface area contributed by atoms with Gasteiger partial charge in [-0.15, -0.1) is 4.68 Å². The number of H-pyrrole nitrogens is 1. The number of hydrogen-bond acceptors (Lipinski definition) is 5. The molecule has 0 aliphatic carbocycles. The molecule has 3 aromatic rings. The van der Waals surface area contributed by atoms with Crippen LogP contribution >= 0.6 is 15.9 Å². The summed E-state index contributed by atoms with van der Waals surface area (Å²) in [6.45, 7) is 1.42. The minimum absolute atomic E-state index is 0.349. The first-order valence-electron chi connectivity index (χ1n) is 7.84. The van der Waals surface area contributed by atoms with Gasteiger partial charge in [-0.2, -0.15) is 5.10 Å². The van der Waals surface area contributed by atoms with Gasteiger partial charge in [0.2, 0.25) is 0 Å². The third-order valence-electron chi connectivity index (χ3n) is 3.71. The van der Waals surface area contributed by atoms with Gasteiger partial charge in [0.15, 0.2) is 6.10 Å². The molecular formula is C18H14BrN3O5. The number of carboxylic acid groups (broad SMARTS) is 1. The van der Waals surface area contributed by atoms with E-state index in [1.165, 1.54) is 13.1 Å². The van der Waals surface area contributed by atoms with Crippen LogP contribution in [0.1, 0.15) is 12.5 Å². The summed E-state index contributed by atoms with van der Waals surface area (Å²) in [6, 6.07) is 11.5. The fourth-order valence-electron chi connectivity index (χ4n) is 2.32. The summed E-state index contributed by atoms with van der Waals surface area (Å²) in [6.07, 6.45) is 0.344. The van der Waals surface area contributed by atoms with Gasteiger partial charge in [-0.1, -0.05) is 12.1 Å². The highest BCUT2D eigenvalue weighted by molar-refractivity contribution is 9.10. The van der Waals surface area contributed by atoms with Gasteiger partial charge in [0.05, 0.1) is 21.6 Å². The molecule has 3 rings (SSSR count). The highest BCUT2D eigenvalue weighted by Gasteiger charge is 2.14. The molecule has 0 amide bonds. The van der Waals surface area contributed by atoms with E-state index in [2.05, 4.69) is 26.0 Å². The maximum Gasteiger partial charge on any atom is 0.349 e. The van der Waals surface area contributed by atoms with Gasteiger partial charge in [0.1, 0.15) is 5.75 Å². The summed E-state index contributed by atoms with van der Waals surface area (Å²) in [7, 11) is 0. The highest BCUT2D eigenvalue weighted by Crippen LogP contribution is 2.26. The number of fused-ring (bicyclic) bond motifs is 1. The topological polar surface area (TPSA) is 114 Å². The number of carbonyl (C=O) groups is 1. The normalized spacial score (nSPS) is 12.4. The number of hydrogen-bond donors (Lipinski definition) is 2. The van der Waals surface area contributed by atoms with Gasteiger partial charge in [-0.3, -0.25) is 4.79 Å². The number of aromatic nitrogens is 2. The molecule has 8 nitrogen and oxygen atoms in total. The molecule has 0 aliphatic rings. The molecule has 0 unspecified atom stereocenters. The number of ether oxygens (including phenoxy) is 1.